The Balaban J connectivity index is 1.67. The maximum absolute atomic E-state index is 5.28. The van der Waals surface area contributed by atoms with Gasteiger partial charge in [-0.25, -0.2) is 0 Å². The Kier molecular flexibility index (Phi) is 3.47. The molecule has 2 aliphatic rings. The van der Waals surface area contributed by atoms with Gasteiger partial charge in [-0.3, -0.25) is 0 Å². The zero-order chi connectivity index (χ0) is 12.2. The van der Waals surface area contributed by atoms with Gasteiger partial charge in [-0.2, -0.15) is 0 Å². The molecule has 3 heterocycles. The van der Waals surface area contributed by atoms with Gasteiger partial charge in [0.05, 0.1) is 26.4 Å². The van der Waals surface area contributed by atoms with Crippen LogP contribution < -0.4 is 9.80 Å². The number of nitrogens with zero attached hydrogens (tertiary/aromatic N) is 6. The van der Waals surface area contributed by atoms with E-state index in [4.69, 9.17) is 9.47 Å². The molecule has 8 nitrogen and oxygen atoms in total. The summed E-state index contributed by atoms with van der Waals surface area (Å²) in [6.45, 7) is 5.98. The lowest BCUT2D eigenvalue weighted by Crippen LogP contribution is -2.39. The number of ether oxygens (including phenoxy) is 2. The number of hydrogen-bond donors (Lipinski definition) is 0. The van der Waals surface area contributed by atoms with Gasteiger partial charge in [0.1, 0.15) is 0 Å². The van der Waals surface area contributed by atoms with Gasteiger partial charge < -0.3 is 19.3 Å². The van der Waals surface area contributed by atoms with Crippen molar-refractivity contribution in [1.29, 1.82) is 0 Å². The van der Waals surface area contributed by atoms with Crippen molar-refractivity contribution in [2.75, 3.05) is 62.4 Å². The van der Waals surface area contributed by atoms with E-state index in [9.17, 15) is 0 Å². The minimum absolute atomic E-state index is 0.579. The monoisotopic (exact) mass is 252 g/mol. The molecule has 8 heteroatoms. The molecule has 98 valence electrons. The van der Waals surface area contributed by atoms with Gasteiger partial charge >= 0.3 is 0 Å². The van der Waals surface area contributed by atoms with Crippen molar-refractivity contribution < 1.29 is 9.47 Å². The van der Waals surface area contributed by atoms with Crippen LogP contribution in [0.4, 0.5) is 11.9 Å². The lowest BCUT2D eigenvalue weighted by Gasteiger charge is -2.27. The molecule has 0 atom stereocenters. The number of rotatable bonds is 2. The molecule has 2 aliphatic heterocycles. The summed E-state index contributed by atoms with van der Waals surface area (Å²) in [7, 11) is 0. The predicted octanol–water partition coefficient (Wildman–Crippen LogP) is -1.06. The molecule has 0 radical (unpaired) electrons. The lowest BCUT2D eigenvalue weighted by molar-refractivity contribution is 0.121. The summed E-state index contributed by atoms with van der Waals surface area (Å²) in [5, 5.41) is 16.6. The highest BCUT2D eigenvalue weighted by atomic mass is 16.5. The van der Waals surface area contributed by atoms with Crippen molar-refractivity contribution in [1.82, 2.24) is 20.4 Å². The Morgan fingerprint density at radius 3 is 1.28 bits per heavy atom. The molecule has 0 bridgehead atoms. The van der Waals surface area contributed by atoms with Crippen molar-refractivity contribution in [2.24, 2.45) is 0 Å². The van der Waals surface area contributed by atoms with E-state index in [-0.39, 0.29) is 0 Å². The molecule has 1 aromatic rings. The van der Waals surface area contributed by atoms with Crippen molar-refractivity contribution in [3.05, 3.63) is 0 Å². The number of anilines is 2. The van der Waals surface area contributed by atoms with Crippen LogP contribution in [-0.4, -0.2) is 73.0 Å². The first-order valence-corrected chi connectivity index (χ1v) is 6.16. The zero-order valence-corrected chi connectivity index (χ0v) is 10.2. The highest BCUT2D eigenvalue weighted by Gasteiger charge is 2.18. The Morgan fingerprint density at radius 2 is 0.944 bits per heavy atom. The third-order valence-electron chi connectivity index (χ3n) is 3.05. The van der Waals surface area contributed by atoms with Crippen molar-refractivity contribution in [3.63, 3.8) is 0 Å². The van der Waals surface area contributed by atoms with Crippen molar-refractivity contribution in [2.45, 2.75) is 0 Å². The average Bonchev–Trinajstić information content (AvgIpc) is 2.49. The van der Waals surface area contributed by atoms with E-state index in [0.29, 0.717) is 38.3 Å². The van der Waals surface area contributed by atoms with Gasteiger partial charge in [0.25, 0.3) is 11.9 Å². The molecule has 2 fully saturated rings. The maximum atomic E-state index is 5.28. The average molecular weight is 252 g/mol. The maximum Gasteiger partial charge on any atom is 0.265 e. The Bertz CT molecular complexity index is 337. The SMILES string of the molecule is C1CN(c2nnc(N3CCOCC3)nn2)CCO1. The molecule has 0 N–H and O–H groups in total. The quantitative estimate of drug-likeness (QED) is 0.659. The van der Waals surface area contributed by atoms with Crippen LogP contribution in [0.2, 0.25) is 0 Å². The minimum Gasteiger partial charge on any atom is -0.378 e. The van der Waals surface area contributed by atoms with Crippen LogP contribution in [0.25, 0.3) is 0 Å². The highest BCUT2D eigenvalue weighted by molar-refractivity contribution is 5.32. The largest absolute Gasteiger partial charge is 0.378 e. The Labute approximate surface area is 105 Å². The molecule has 18 heavy (non-hydrogen) atoms. The standard InChI is InChI=1S/C10H16N6O2/c1-5-17-6-2-15(1)9-11-13-10(14-12-9)16-3-7-18-8-4-16/h1-8H2. The molecule has 0 saturated carbocycles. The molecular weight excluding hydrogens is 236 g/mol. The molecule has 0 aliphatic carbocycles. The Morgan fingerprint density at radius 1 is 0.611 bits per heavy atom. The summed E-state index contributed by atoms with van der Waals surface area (Å²) in [5.74, 6) is 1.16. The number of hydrogen-bond acceptors (Lipinski definition) is 8. The van der Waals surface area contributed by atoms with E-state index in [1.807, 2.05) is 9.80 Å². The van der Waals surface area contributed by atoms with Crippen LogP contribution in [0, 0.1) is 0 Å². The summed E-state index contributed by atoms with van der Waals surface area (Å²) < 4.78 is 10.6. The van der Waals surface area contributed by atoms with Crippen molar-refractivity contribution in [3.8, 4) is 0 Å². The Hall–Kier alpha value is -1.54. The van der Waals surface area contributed by atoms with Crippen molar-refractivity contribution >= 4 is 11.9 Å². The highest BCUT2D eigenvalue weighted by Crippen LogP contribution is 2.10. The zero-order valence-electron chi connectivity index (χ0n) is 10.2. The van der Waals surface area contributed by atoms with Gasteiger partial charge in [-0.05, 0) is 0 Å². The lowest BCUT2D eigenvalue weighted by atomic mass is 10.4. The fourth-order valence-electron chi connectivity index (χ4n) is 2.00. The molecule has 0 unspecified atom stereocenters. The molecule has 3 rings (SSSR count). The van der Waals surface area contributed by atoms with Gasteiger partial charge in [0, 0.05) is 26.2 Å². The van der Waals surface area contributed by atoms with E-state index >= 15 is 0 Å². The summed E-state index contributed by atoms with van der Waals surface area (Å²) in [6.07, 6.45) is 0. The van der Waals surface area contributed by atoms with Gasteiger partial charge in [0.2, 0.25) is 0 Å². The van der Waals surface area contributed by atoms with E-state index < -0.39 is 0 Å². The summed E-state index contributed by atoms with van der Waals surface area (Å²) >= 11 is 0. The smallest absolute Gasteiger partial charge is 0.265 e. The van der Waals surface area contributed by atoms with Crippen LogP contribution >= 0.6 is 0 Å². The van der Waals surface area contributed by atoms with Gasteiger partial charge in [0.15, 0.2) is 0 Å². The topological polar surface area (TPSA) is 76.5 Å². The van der Waals surface area contributed by atoms with Crippen LogP contribution in [0.15, 0.2) is 0 Å². The molecular formula is C10H16N6O2. The van der Waals surface area contributed by atoms with Crippen LogP contribution in [-0.2, 0) is 9.47 Å². The fraction of sp³-hybridized carbons (Fsp3) is 0.800. The van der Waals surface area contributed by atoms with E-state index in [2.05, 4.69) is 20.4 Å². The third kappa shape index (κ3) is 2.49. The second kappa shape index (κ2) is 5.40. The molecule has 2 saturated heterocycles. The predicted molar refractivity (Wildman–Crippen MR) is 63.7 cm³/mol. The number of aromatic nitrogens is 4. The number of morpholine rings is 2. The summed E-state index contributed by atoms with van der Waals surface area (Å²) in [6, 6.07) is 0. The van der Waals surface area contributed by atoms with Crippen LogP contribution in [0.1, 0.15) is 0 Å². The molecule has 0 aromatic carbocycles. The van der Waals surface area contributed by atoms with E-state index in [1.54, 1.807) is 0 Å². The fourth-order valence-corrected chi connectivity index (χ4v) is 2.00. The first kappa shape index (κ1) is 11.5. The normalized spacial score (nSPS) is 21.1. The van der Waals surface area contributed by atoms with Gasteiger partial charge in [-0.1, -0.05) is 0 Å². The summed E-state index contributed by atoms with van der Waals surface area (Å²) in [5.41, 5.74) is 0. The van der Waals surface area contributed by atoms with Crippen LogP contribution in [0.5, 0.6) is 0 Å². The van der Waals surface area contributed by atoms with E-state index in [0.717, 1.165) is 26.2 Å². The second-order valence-electron chi connectivity index (χ2n) is 4.20. The second-order valence-corrected chi connectivity index (χ2v) is 4.20. The molecule has 0 amide bonds. The van der Waals surface area contributed by atoms with Crippen LogP contribution in [0.3, 0.4) is 0 Å². The summed E-state index contributed by atoms with van der Waals surface area (Å²) in [4.78, 5) is 4.07. The molecule has 0 spiro atoms. The molecule has 1 aromatic heterocycles. The minimum atomic E-state index is 0.579. The van der Waals surface area contributed by atoms with E-state index in [1.165, 1.54) is 0 Å². The van der Waals surface area contributed by atoms with Gasteiger partial charge in [-0.15, -0.1) is 20.4 Å². The third-order valence-corrected chi connectivity index (χ3v) is 3.05. The first-order chi connectivity index (χ1) is 8.93. The first-order valence-electron chi connectivity index (χ1n) is 6.16.